The highest BCUT2D eigenvalue weighted by Gasteiger charge is 2.35. The van der Waals surface area contributed by atoms with E-state index < -0.39 is 33.2 Å². The Balaban J connectivity index is 2.01. The smallest absolute Gasteiger partial charge is 0.283 e. The second-order valence-corrected chi connectivity index (χ2v) is 8.25. The average Bonchev–Trinajstić information content (AvgIpc) is 2.78. The highest BCUT2D eigenvalue weighted by Crippen LogP contribution is 2.28. The lowest BCUT2D eigenvalue weighted by molar-refractivity contribution is -0.578. The van der Waals surface area contributed by atoms with E-state index in [4.69, 9.17) is 5.73 Å². The first-order valence-electron chi connectivity index (χ1n) is 9.07. The summed E-state index contributed by atoms with van der Waals surface area (Å²) in [6.07, 6.45) is 2.66. The minimum absolute atomic E-state index is 0.0462. The number of aromatic nitrogens is 1. The highest BCUT2D eigenvalue weighted by molar-refractivity contribution is 7.90. The molecular weight excluding hydrogens is 418 g/mol. The van der Waals surface area contributed by atoms with Gasteiger partial charge in [0.1, 0.15) is 5.56 Å². The Hall–Kier alpha value is -4.11. The molecule has 0 radical (unpaired) electrons. The van der Waals surface area contributed by atoms with Crippen LogP contribution in [-0.4, -0.2) is 25.8 Å². The second-order valence-electron chi connectivity index (χ2n) is 6.64. The van der Waals surface area contributed by atoms with E-state index >= 15 is 0 Å². The van der Waals surface area contributed by atoms with Crippen LogP contribution in [0.3, 0.4) is 0 Å². The summed E-state index contributed by atoms with van der Waals surface area (Å²) >= 11 is 0. The minimum Gasteiger partial charge on any atom is -0.867 e. The molecule has 0 aliphatic heterocycles. The molecule has 31 heavy (non-hydrogen) atoms. The summed E-state index contributed by atoms with van der Waals surface area (Å²) in [5.41, 5.74) is 4.72. The number of primary amides is 1. The molecule has 0 saturated heterocycles. The third-order valence-electron chi connectivity index (χ3n) is 4.67. The van der Waals surface area contributed by atoms with Gasteiger partial charge in [-0.3, -0.25) is 9.59 Å². The van der Waals surface area contributed by atoms with Crippen LogP contribution in [0.2, 0.25) is 0 Å². The van der Waals surface area contributed by atoms with E-state index in [1.807, 2.05) is 0 Å². The van der Waals surface area contributed by atoms with Crippen LogP contribution in [0.1, 0.15) is 26.3 Å². The summed E-state index contributed by atoms with van der Waals surface area (Å²) in [6, 6.07) is 16.3. The van der Waals surface area contributed by atoms with Gasteiger partial charge in [0.15, 0.2) is 18.1 Å². The average molecular weight is 433 g/mol. The van der Waals surface area contributed by atoms with Crippen molar-refractivity contribution in [2.75, 3.05) is 0 Å². The molecule has 4 rings (SSSR count). The largest absolute Gasteiger partial charge is 0.867 e. The SMILES string of the molecule is NC(=O)c1ccc[n+](C2=C([O-])c3ccccc3C(=O)C2=NS(=O)(=O)c2ccccc2)c1. The maximum atomic E-state index is 13.3. The van der Waals surface area contributed by atoms with E-state index in [2.05, 4.69) is 4.40 Å². The van der Waals surface area contributed by atoms with Crippen LogP contribution in [0, 0.1) is 0 Å². The third-order valence-corrected chi connectivity index (χ3v) is 5.96. The summed E-state index contributed by atoms with van der Waals surface area (Å²) in [4.78, 5) is 24.7. The molecule has 8 nitrogen and oxygen atoms in total. The molecule has 154 valence electrons. The molecule has 1 aromatic heterocycles. The first-order chi connectivity index (χ1) is 14.8. The maximum absolute atomic E-state index is 13.3. The number of benzene rings is 2. The van der Waals surface area contributed by atoms with Gasteiger partial charge < -0.3 is 10.8 Å². The Morgan fingerprint density at radius 3 is 2.26 bits per heavy atom. The van der Waals surface area contributed by atoms with Crippen molar-refractivity contribution in [1.29, 1.82) is 0 Å². The van der Waals surface area contributed by atoms with Crippen LogP contribution in [0.4, 0.5) is 0 Å². The fourth-order valence-electron chi connectivity index (χ4n) is 3.20. The number of nitrogens with two attached hydrogens (primary N) is 1. The summed E-state index contributed by atoms with van der Waals surface area (Å²) in [5, 5.41) is 13.3. The van der Waals surface area contributed by atoms with Crippen molar-refractivity contribution >= 4 is 38.9 Å². The summed E-state index contributed by atoms with van der Waals surface area (Å²) in [5.74, 6) is -2.08. The van der Waals surface area contributed by atoms with Crippen LogP contribution in [0.5, 0.6) is 0 Å². The molecular formula is C22H15N3O5S. The number of hydrogen-bond donors (Lipinski definition) is 1. The molecule has 1 aliphatic carbocycles. The van der Waals surface area contributed by atoms with Crippen molar-refractivity contribution in [1.82, 2.24) is 0 Å². The third kappa shape index (κ3) is 3.62. The van der Waals surface area contributed by atoms with Gasteiger partial charge in [0, 0.05) is 11.6 Å². The molecule has 1 amide bonds. The number of nitrogens with zero attached hydrogens (tertiary/aromatic N) is 2. The van der Waals surface area contributed by atoms with Gasteiger partial charge in [-0.2, -0.15) is 13.0 Å². The predicted octanol–water partition coefficient (Wildman–Crippen LogP) is 0.785. The molecule has 3 aromatic rings. The van der Waals surface area contributed by atoms with E-state index in [9.17, 15) is 23.1 Å². The van der Waals surface area contributed by atoms with Gasteiger partial charge >= 0.3 is 0 Å². The molecule has 0 unspecified atom stereocenters. The zero-order valence-corrected chi connectivity index (χ0v) is 16.7. The quantitative estimate of drug-likeness (QED) is 0.607. The molecule has 1 aliphatic rings. The van der Waals surface area contributed by atoms with Crippen LogP contribution in [0.15, 0.2) is 88.4 Å². The van der Waals surface area contributed by atoms with Crippen molar-refractivity contribution < 1.29 is 27.7 Å². The number of carbonyl (C=O) groups excluding carboxylic acids is 2. The van der Waals surface area contributed by atoms with Gasteiger partial charge in [0.05, 0.1) is 4.90 Å². The fraction of sp³-hybridized carbons (Fsp3) is 0. The Morgan fingerprint density at radius 1 is 0.935 bits per heavy atom. The monoisotopic (exact) mass is 433 g/mol. The molecule has 0 bridgehead atoms. The lowest BCUT2D eigenvalue weighted by Gasteiger charge is -2.23. The first-order valence-corrected chi connectivity index (χ1v) is 10.5. The molecule has 0 saturated carbocycles. The summed E-state index contributed by atoms with van der Waals surface area (Å²) < 4.78 is 30.7. The van der Waals surface area contributed by atoms with Gasteiger partial charge in [-0.1, -0.05) is 42.5 Å². The molecule has 0 spiro atoms. The van der Waals surface area contributed by atoms with Crippen molar-refractivity contribution in [2.45, 2.75) is 4.90 Å². The zero-order chi connectivity index (χ0) is 22.2. The number of allylic oxidation sites excluding steroid dienone is 1. The Bertz CT molecular complexity index is 1390. The van der Waals surface area contributed by atoms with E-state index in [1.165, 1.54) is 65.5 Å². The van der Waals surface area contributed by atoms with Gasteiger partial charge in [-0.05, 0) is 29.5 Å². The zero-order valence-electron chi connectivity index (χ0n) is 15.9. The van der Waals surface area contributed by atoms with Crippen molar-refractivity contribution in [3.8, 4) is 0 Å². The van der Waals surface area contributed by atoms with E-state index in [1.54, 1.807) is 18.2 Å². The number of hydrogen-bond acceptors (Lipinski definition) is 5. The van der Waals surface area contributed by atoms with Crippen LogP contribution >= 0.6 is 0 Å². The second kappa shape index (κ2) is 7.62. The molecule has 1 heterocycles. The number of amides is 1. The molecule has 0 atom stereocenters. The number of carbonyl (C=O) groups is 2. The highest BCUT2D eigenvalue weighted by atomic mass is 32.2. The summed E-state index contributed by atoms with van der Waals surface area (Å²) in [6.45, 7) is 0. The Labute approximate surface area is 177 Å². The van der Waals surface area contributed by atoms with Gasteiger partial charge in [0.25, 0.3) is 15.9 Å². The molecule has 2 N–H and O–H groups in total. The predicted molar refractivity (Wildman–Crippen MR) is 110 cm³/mol. The number of pyridine rings is 1. The van der Waals surface area contributed by atoms with Crippen LogP contribution in [0.25, 0.3) is 11.5 Å². The topological polar surface area (TPSA) is 134 Å². The lowest BCUT2D eigenvalue weighted by atomic mass is 9.91. The van der Waals surface area contributed by atoms with Crippen LogP contribution < -0.4 is 15.4 Å². The minimum atomic E-state index is -4.30. The normalized spacial score (nSPS) is 15.1. The molecule has 9 heteroatoms. The summed E-state index contributed by atoms with van der Waals surface area (Å²) in [7, 11) is -4.30. The number of ketones is 1. The van der Waals surface area contributed by atoms with E-state index in [0.29, 0.717) is 0 Å². The standard InChI is InChI=1S/C22H15N3O5S/c23-22(28)14-7-6-12-25(13-14)19-18(24-31(29,30)15-8-2-1-3-9-15)20(26)16-10-4-5-11-17(16)21(19)27/h1-13H,(H2-,23,24,27,28). The number of rotatable bonds is 4. The van der Waals surface area contributed by atoms with Crippen LogP contribution in [-0.2, 0) is 10.0 Å². The van der Waals surface area contributed by atoms with Gasteiger partial charge in [0.2, 0.25) is 11.5 Å². The Morgan fingerprint density at radius 2 is 1.58 bits per heavy atom. The maximum Gasteiger partial charge on any atom is 0.283 e. The lowest BCUT2D eigenvalue weighted by Crippen LogP contribution is -2.44. The number of sulfonamides is 1. The first kappa shape index (κ1) is 20.2. The van der Waals surface area contributed by atoms with Gasteiger partial charge in [-0.15, -0.1) is 4.40 Å². The van der Waals surface area contributed by atoms with E-state index in [-0.39, 0.29) is 27.3 Å². The molecule has 0 fully saturated rings. The number of Topliss-reactive ketones (excluding diaryl/α,β-unsaturated/α-hetero) is 1. The van der Waals surface area contributed by atoms with Gasteiger partial charge in [-0.25, -0.2) is 0 Å². The van der Waals surface area contributed by atoms with Crippen molar-refractivity contribution in [2.24, 2.45) is 10.1 Å². The Kier molecular flexibility index (Phi) is 4.96. The number of fused-ring (bicyclic) bond motifs is 1. The molecule has 2 aromatic carbocycles. The van der Waals surface area contributed by atoms with Crippen molar-refractivity contribution in [3.05, 3.63) is 95.8 Å². The van der Waals surface area contributed by atoms with E-state index in [0.717, 1.165) is 0 Å². The fourth-order valence-corrected chi connectivity index (χ4v) is 4.22. The van der Waals surface area contributed by atoms with Crippen molar-refractivity contribution in [3.63, 3.8) is 0 Å².